The van der Waals surface area contributed by atoms with Crippen molar-refractivity contribution in [3.8, 4) is 0 Å². The Morgan fingerprint density at radius 2 is 2.14 bits per heavy atom. The number of aliphatic hydroxyl groups excluding tert-OH is 1. The Balaban J connectivity index is 1.73. The van der Waals surface area contributed by atoms with Gasteiger partial charge in [0.05, 0.1) is 12.4 Å². The summed E-state index contributed by atoms with van der Waals surface area (Å²) in [7, 11) is 0.352. The van der Waals surface area contributed by atoms with Crippen LogP contribution in [0.2, 0.25) is 0 Å². The van der Waals surface area contributed by atoms with E-state index >= 15 is 0 Å². The van der Waals surface area contributed by atoms with Crippen molar-refractivity contribution in [1.29, 1.82) is 0 Å². The van der Waals surface area contributed by atoms with Crippen LogP contribution in [0.5, 0.6) is 0 Å². The first kappa shape index (κ1) is 22.1. The minimum atomic E-state index is -3.62. The molecule has 0 spiro atoms. The van der Waals surface area contributed by atoms with Crippen molar-refractivity contribution in [1.82, 2.24) is 15.2 Å². The predicted octanol–water partition coefficient (Wildman–Crippen LogP) is 0.761. The average Bonchev–Trinajstić information content (AvgIpc) is 3.09. The van der Waals surface area contributed by atoms with E-state index in [-0.39, 0.29) is 18.1 Å². The fourth-order valence-electron chi connectivity index (χ4n) is 2.69. The van der Waals surface area contributed by atoms with Crippen LogP contribution in [0, 0.1) is 0 Å². The first-order valence-corrected chi connectivity index (χ1v) is 10.8. The lowest BCUT2D eigenvalue weighted by Gasteiger charge is -2.13. The molecule has 1 amide bonds. The van der Waals surface area contributed by atoms with Crippen LogP contribution >= 0.6 is 0 Å². The Hall–Kier alpha value is -2.23. The van der Waals surface area contributed by atoms with Gasteiger partial charge in [-0.2, -0.15) is 0 Å². The number of aliphatic hydroxyl groups is 1. The third-order valence-corrected chi connectivity index (χ3v) is 5.37. The molecule has 2 rings (SSSR count). The van der Waals surface area contributed by atoms with E-state index < -0.39 is 27.6 Å². The number of hydrogen-bond donors (Lipinski definition) is 2. The number of pyridine rings is 1. The summed E-state index contributed by atoms with van der Waals surface area (Å²) < 4.78 is 28.9. The van der Waals surface area contributed by atoms with Gasteiger partial charge >= 0.3 is 0 Å². The fourth-order valence-corrected chi connectivity index (χ4v) is 3.89. The SMILES string of the molecule is CN(C)Cc1ccnc(CCC(O)CNC(=O)CS(=O)(=O)Cc2ccco2)c1. The minimum absolute atomic E-state index is 0.00745. The van der Waals surface area contributed by atoms with Gasteiger partial charge in [-0.3, -0.25) is 9.78 Å². The van der Waals surface area contributed by atoms with Crippen molar-refractivity contribution in [2.24, 2.45) is 0 Å². The lowest BCUT2D eigenvalue weighted by molar-refractivity contribution is -0.119. The summed E-state index contributed by atoms with van der Waals surface area (Å²) >= 11 is 0. The first-order chi connectivity index (χ1) is 13.2. The molecule has 0 saturated heterocycles. The number of rotatable bonds is 11. The maximum atomic E-state index is 12.0. The monoisotopic (exact) mass is 409 g/mol. The number of amides is 1. The molecule has 0 aliphatic carbocycles. The summed E-state index contributed by atoms with van der Waals surface area (Å²) in [6.07, 6.45) is 3.32. The van der Waals surface area contributed by atoms with Crippen molar-refractivity contribution >= 4 is 15.7 Å². The number of aryl methyl sites for hydroxylation is 1. The van der Waals surface area contributed by atoms with E-state index in [1.807, 2.05) is 26.2 Å². The lowest BCUT2D eigenvalue weighted by Crippen LogP contribution is -2.36. The summed E-state index contributed by atoms with van der Waals surface area (Å²) in [6.45, 7) is 0.799. The summed E-state index contributed by atoms with van der Waals surface area (Å²) in [5.41, 5.74) is 2.00. The summed E-state index contributed by atoms with van der Waals surface area (Å²) in [4.78, 5) is 18.2. The molecule has 1 atom stereocenters. The van der Waals surface area contributed by atoms with Gasteiger partial charge in [-0.25, -0.2) is 8.42 Å². The standard InChI is InChI=1S/C19H27N3O5S/c1-22(2)12-15-7-8-20-16(10-15)5-6-17(23)11-21-19(24)14-28(25,26)13-18-4-3-9-27-18/h3-4,7-10,17,23H,5-6,11-14H2,1-2H3,(H,21,24). The molecule has 0 aliphatic heterocycles. The van der Waals surface area contributed by atoms with Gasteiger partial charge in [0.25, 0.3) is 0 Å². The second-order valence-electron chi connectivity index (χ2n) is 7.00. The highest BCUT2D eigenvalue weighted by atomic mass is 32.2. The van der Waals surface area contributed by atoms with Crippen LogP contribution in [0.4, 0.5) is 0 Å². The maximum absolute atomic E-state index is 12.0. The van der Waals surface area contributed by atoms with Crippen LogP contribution in [0.1, 0.15) is 23.4 Å². The first-order valence-electron chi connectivity index (χ1n) is 8.99. The molecule has 1 unspecified atom stereocenters. The molecule has 0 radical (unpaired) electrons. The molecule has 9 heteroatoms. The number of carbonyl (C=O) groups excluding carboxylic acids is 1. The average molecular weight is 410 g/mol. The van der Waals surface area contributed by atoms with E-state index in [0.717, 1.165) is 17.8 Å². The van der Waals surface area contributed by atoms with Crippen molar-refractivity contribution in [2.45, 2.75) is 31.2 Å². The highest BCUT2D eigenvalue weighted by molar-refractivity contribution is 7.91. The topological polar surface area (TPSA) is 113 Å². The van der Waals surface area contributed by atoms with E-state index in [1.165, 1.54) is 6.26 Å². The van der Waals surface area contributed by atoms with Crippen LogP contribution in [0.15, 0.2) is 41.1 Å². The van der Waals surface area contributed by atoms with E-state index in [0.29, 0.717) is 12.8 Å². The normalized spacial score (nSPS) is 12.9. The van der Waals surface area contributed by atoms with E-state index in [2.05, 4.69) is 15.2 Å². The highest BCUT2D eigenvalue weighted by Crippen LogP contribution is 2.08. The smallest absolute Gasteiger partial charge is 0.235 e. The molecule has 0 aromatic carbocycles. The van der Waals surface area contributed by atoms with Crippen LogP contribution in [0.3, 0.4) is 0 Å². The van der Waals surface area contributed by atoms with E-state index in [1.54, 1.807) is 18.3 Å². The molecule has 0 bridgehead atoms. The van der Waals surface area contributed by atoms with Gasteiger partial charge in [0, 0.05) is 25.0 Å². The van der Waals surface area contributed by atoms with E-state index in [4.69, 9.17) is 4.42 Å². The number of nitrogens with one attached hydrogen (secondary N) is 1. The molecule has 28 heavy (non-hydrogen) atoms. The Morgan fingerprint density at radius 1 is 1.36 bits per heavy atom. The highest BCUT2D eigenvalue weighted by Gasteiger charge is 2.19. The summed E-state index contributed by atoms with van der Waals surface area (Å²) in [5, 5.41) is 12.5. The molecule has 2 heterocycles. The maximum Gasteiger partial charge on any atom is 0.235 e. The van der Waals surface area contributed by atoms with Crippen LogP contribution in [0.25, 0.3) is 0 Å². The Morgan fingerprint density at radius 3 is 2.82 bits per heavy atom. The number of sulfone groups is 1. The van der Waals surface area contributed by atoms with E-state index in [9.17, 15) is 18.3 Å². The zero-order chi connectivity index (χ0) is 20.6. The van der Waals surface area contributed by atoms with Gasteiger partial charge < -0.3 is 19.7 Å². The minimum Gasteiger partial charge on any atom is -0.468 e. The number of carbonyl (C=O) groups is 1. The van der Waals surface area contributed by atoms with Gasteiger partial charge in [-0.15, -0.1) is 0 Å². The summed E-state index contributed by atoms with van der Waals surface area (Å²) in [5.74, 6) is -1.33. The number of nitrogens with zero attached hydrogens (tertiary/aromatic N) is 2. The third-order valence-electron chi connectivity index (χ3n) is 3.94. The molecule has 8 nitrogen and oxygen atoms in total. The molecular weight excluding hydrogens is 382 g/mol. The van der Waals surface area contributed by atoms with Crippen molar-refractivity contribution < 1.29 is 22.7 Å². The van der Waals surface area contributed by atoms with Gasteiger partial charge in [0.1, 0.15) is 17.3 Å². The van der Waals surface area contributed by atoms with Gasteiger partial charge in [0.2, 0.25) is 5.91 Å². The number of aromatic nitrogens is 1. The van der Waals surface area contributed by atoms with Crippen molar-refractivity contribution in [2.75, 3.05) is 26.4 Å². The molecule has 2 aromatic rings. The zero-order valence-corrected chi connectivity index (χ0v) is 17.0. The molecule has 0 saturated carbocycles. The predicted molar refractivity (Wildman–Crippen MR) is 105 cm³/mol. The Labute approximate surface area is 165 Å². The number of furan rings is 1. The van der Waals surface area contributed by atoms with Gasteiger partial charge in [-0.05, 0) is 56.8 Å². The molecule has 0 aliphatic rings. The molecule has 2 aromatic heterocycles. The third kappa shape index (κ3) is 8.20. The molecule has 0 fully saturated rings. The zero-order valence-electron chi connectivity index (χ0n) is 16.2. The molecular formula is C19H27N3O5S. The quantitative estimate of drug-likeness (QED) is 0.563. The molecule has 154 valence electrons. The largest absolute Gasteiger partial charge is 0.468 e. The Bertz CT molecular complexity index is 850. The van der Waals surface area contributed by atoms with Crippen LogP contribution in [-0.4, -0.2) is 61.8 Å². The van der Waals surface area contributed by atoms with Crippen molar-refractivity contribution in [3.05, 3.63) is 53.7 Å². The Kier molecular flexibility index (Phi) is 8.16. The molecule has 2 N–H and O–H groups in total. The lowest BCUT2D eigenvalue weighted by atomic mass is 10.1. The van der Waals surface area contributed by atoms with Crippen molar-refractivity contribution in [3.63, 3.8) is 0 Å². The van der Waals surface area contributed by atoms with Crippen LogP contribution < -0.4 is 5.32 Å². The number of hydrogen-bond acceptors (Lipinski definition) is 7. The van der Waals surface area contributed by atoms with Crippen LogP contribution in [-0.2, 0) is 33.4 Å². The fraction of sp³-hybridized carbons (Fsp3) is 0.474. The van der Waals surface area contributed by atoms with Gasteiger partial charge in [-0.1, -0.05) is 0 Å². The summed E-state index contributed by atoms with van der Waals surface area (Å²) in [6, 6.07) is 7.07. The van der Waals surface area contributed by atoms with Gasteiger partial charge in [0.15, 0.2) is 9.84 Å². The second kappa shape index (κ2) is 10.4. The second-order valence-corrected chi connectivity index (χ2v) is 9.07.